The largest absolute Gasteiger partial charge is 0.484 e. The van der Waals surface area contributed by atoms with Crippen LogP contribution in [0, 0.1) is 10.1 Å². The third kappa shape index (κ3) is 5.71. The molecule has 10 nitrogen and oxygen atoms in total. The first-order chi connectivity index (χ1) is 19.6. The zero-order valence-corrected chi connectivity index (χ0v) is 22.2. The number of rotatable bonds is 9. The van der Waals surface area contributed by atoms with Gasteiger partial charge < -0.3 is 20.2 Å². The number of non-ortho nitro benzene ring substituents is 1. The molecule has 5 rings (SSSR count). The molecular weight excluding hydrogens is 582 g/mol. The van der Waals surface area contributed by atoms with Crippen molar-refractivity contribution in [2.75, 3.05) is 5.32 Å². The van der Waals surface area contributed by atoms with Crippen LogP contribution in [0.25, 0.3) is 21.3 Å². The lowest BCUT2D eigenvalue weighted by molar-refractivity contribution is -0.384. The second kappa shape index (κ2) is 11.3. The van der Waals surface area contributed by atoms with Crippen molar-refractivity contribution in [1.29, 1.82) is 0 Å². The van der Waals surface area contributed by atoms with Crippen LogP contribution in [-0.4, -0.2) is 21.7 Å². The van der Waals surface area contributed by atoms with Crippen molar-refractivity contribution in [3.05, 3.63) is 104 Å². The molecule has 0 spiro atoms. The number of ether oxygens (including phenoxy) is 1. The summed E-state index contributed by atoms with van der Waals surface area (Å²) in [5.41, 5.74) is 5.75. The number of hydrogen-bond donors (Lipinski definition) is 2. The molecule has 3 heterocycles. The molecule has 208 valence electrons. The van der Waals surface area contributed by atoms with Gasteiger partial charge in [-0.3, -0.25) is 19.7 Å². The van der Waals surface area contributed by atoms with E-state index >= 15 is 0 Å². The molecule has 3 N–H and O–H groups in total. The van der Waals surface area contributed by atoms with Gasteiger partial charge in [0.2, 0.25) is 0 Å². The minimum Gasteiger partial charge on any atom is -0.484 e. The van der Waals surface area contributed by atoms with Crippen LogP contribution in [0.3, 0.4) is 0 Å². The van der Waals surface area contributed by atoms with Crippen molar-refractivity contribution in [3.8, 4) is 16.9 Å². The third-order valence-electron chi connectivity index (χ3n) is 5.83. The van der Waals surface area contributed by atoms with E-state index in [4.69, 9.17) is 26.5 Å². The summed E-state index contributed by atoms with van der Waals surface area (Å²) in [5, 5.41) is 14.0. The molecule has 0 radical (unpaired) electrons. The molecule has 0 atom stereocenters. The number of carbonyl (C=O) groups excluding carboxylic acids is 2. The van der Waals surface area contributed by atoms with E-state index in [0.29, 0.717) is 11.1 Å². The fourth-order valence-electron chi connectivity index (χ4n) is 3.99. The van der Waals surface area contributed by atoms with Crippen LogP contribution in [0.5, 0.6) is 5.75 Å². The number of aromatic nitrogens is 1. The van der Waals surface area contributed by atoms with Gasteiger partial charge >= 0.3 is 0 Å². The van der Waals surface area contributed by atoms with Gasteiger partial charge in [0.1, 0.15) is 33.5 Å². The highest BCUT2D eigenvalue weighted by Crippen LogP contribution is 2.42. The zero-order valence-electron chi connectivity index (χ0n) is 20.6. The first kappa shape index (κ1) is 27.7. The number of nitro groups is 1. The maximum atomic E-state index is 13.7. The summed E-state index contributed by atoms with van der Waals surface area (Å²) in [6.45, 7) is -0.208. The molecule has 2 amide bonds. The molecule has 41 heavy (non-hydrogen) atoms. The number of nitrogens with zero attached hydrogens (tertiary/aromatic N) is 2. The highest BCUT2D eigenvalue weighted by Gasteiger charge is 2.26. The maximum Gasteiger partial charge on any atom is 0.291 e. The molecule has 14 heteroatoms. The number of hydrogen-bond acceptors (Lipinski definition) is 8. The SMILES string of the molecule is NC(=O)c1sc2nc(C(F)F)cc(-c3ccccc3)c2c1NC(=O)c1ccc(COc2cc([N+](=O)[O-])ccc2Cl)o1. The highest BCUT2D eigenvalue weighted by molar-refractivity contribution is 7.21. The van der Waals surface area contributed by atoms with Crippen molar-refractivity contribution in [2.45, 2.75) is 13.0 Å². The van der Waals surface area contributed by atoms with Gasteiger partial charge in [0.25, 0.3) is 23.9 Å². The average molecular weight is 599 g/mol. The van der Waals surface area contributed by atoms with E-state index in [1.54, 1.807) is 30.3 Å². The Morgan fingerprint density at radius 1 is 1.15 bits per heavy atom. The summed E-state index contributed by atoms with van der Waals surface area (Å²) >= 11 is 6.83. The number of benzene rings is 2. The Balaban J connectivity index is 1.46. The smallest absolute Gasteiger partial charge is 0.291 e. The molecule has 2 aromatic carbocycles. The van der Waals surface area contributed by atoms with Crippen LogP contribution in [0.1, 0.15) is 38.1 Å². The van der Waals surface area contributed by atoms with E-state index in [1.807, 2.05) is 0 Å². The topological polar surface area (TPSA) is 151 Å². The van der Waals surface area contributed by atoms with E-state index in [0.717, 1.165) is 17.4 Å². The van der Waals surface area contributed by atoms with Crippen molar-refractivity contribution < 1.29 is 32.4 Å². The number of nitrogens with one attached hydrogen (secondary N) is 1. The molecule has 0 aliphatic heterocycles. The van der Waals surface area contributed by atoms with Crippen LogP contribution in [0.4, 0.5) is 20.2 Å². The minimum absolute atomic E-state index is 0.00671. The number of thiophene rings is 1. The van der Waals surface area contributed by atoms with E-state index in [2.05, 4.69) is 10.3 Å². The summed E-state index contributed by atoms with van der Waals surface area (Å²) in [6, 6.07) is 16.3. The van der Waals surface area contributed by atoms with Crippen LogP contribution in [0.15, 0.2) is 71.1 Å². The Bertz CT molecular complexity index is 1810. The molecule has 0 aliphatic carbocycles. The van der Waals surface area contributed by atoms with Crippen molar-refractivity contribution >= 4 is 56.3 Å². The number of nitro benzene ring substituents is 1. The van der Waals surface area contributed by atoms with Gasteiger partial charge in [-0.1, -0.05) is 41.9 Å². The van der Waals surface area contributed by atoms with Crippen LogP contribution in [0.2, 0.25) is 5.02 Å². The molecular formula is C27H17ClF2N4O6S. The Kier molecular flexibility index (Phi) is 7.64. The highest BCUT2D eigenvalue weighted by atomic mass is 35.5. The van der Waals surface area contributed by atoms with Crippen LogP contribution < -0.4 is 15.8 Å². The fraction of sp³-hybridized carbons (Fsp3) is 0.0741. The number of amides is 2. The van der Waals surface area contributed by atoms with E-state index in [-0.39, 0.29) is 55.4 Å². The Hall–Kier alpha value is -4.88. The second-order valence-electron chi connectivity index (χ2n) is 8.49. The minimum atomic E-state index is -2.88. The first-order valence-electron chi connectivity index (χ1n) is 11.7. The van der Waals surface area contributed by atoms with Gasteiger partial charge in [0.05, 0.1) is 21.7 Å². The summed E-state index contributed by atoms with van der Waals surface area (Å²) in [5.74, 6) is -1.58. The van der Waals surface area contributed by atoms with Gasteiger partial charge in [-0.25, -0.2) is 13.8 Å². The number of carbonyl (C=O) groups is 2. The normalized spacial score (nSPS) is 11.1. The van der Waals surface area contributed by atoms with Crippen LogP contribution >= 0.6 is 22.9 Å². The van der Waals surface area contributed by atoms with Gasteiger partial charge in [-0.2, -0.15) is 0 Å². The van der Waals surface area contributed by atoms with Crippen molar-refractivity contribution in [2.24, 2.45) is 5.73 Å². The number of anilines is 1. The summed E-state index contributed by atoms with van der Waals surface area (Å²) in [6.07, 6.45) is -2.88. The molecule has 0 bridgehead atoms. The molecule has 3 aromatic heterocycles. The summed E-state index contributed by atoms with van der Waals surface area (Å²) < 4.78 is 38.4. The standard InChI is InChI=1S/C27H17ClF2N4O6S/c28-17-8-6-14(34(37)38)10-20(17)39-12-15-7-9-19(40-15)26(36)33-22-21-16(13-4-2-1-3-5-13)11-18(24(29)30)32-27(21)41-23(22)25(31)35/h1-11,24H,12H2,(H2,31,35)(H,33,36). The lowest BCUT2D eigenvalue weighted by Gasteiger charge is -2.10. The molecule has 0 aliphatic rings. The van der Waals surface area contributed by atoms with Gasteiger partial charge in [0.15, 0.2) is 5.76 Å². The Morgan fingerprint density at radius 3 is 2.59 bits per heavy atom. The molecule has 0 saturated carbocycles. The van der Waals surface area contributed by atoms with Crippen molar-refractivity contribution in [1.82, 2.24) is 4.98 Å². The van der Waals surface area contributed by atoms with Gasteiger partial charge in [0, 0.05) is 11.5 Å². The number of nitrogens with two attached hydrogens (primary N) is 1. The molecule has 0 fully saturated rings. The van der Waals surface area contributed by atoms with E-state index < -0.39 is 28.9 Å². The number of fused-ring (bicyclic) bond motifs is 1. The summed E-state index contributed by atoms with van der Waals surface area (Å²) in [4.78, 5) is 39.9. The Morgan fingerprint density at radius 2 is 1.90 bits per heavy atom. The maximum absolute atomic E-state index is 13.7. The lowest BCUT2D eigenvalue weighted by Crippen LogP contribution is -2.16. The third-order valence-corrected chi connectivity index (χ3v) is 7.24. The van der Waals surface area contributed by atoms with E-state index in [9.17, 15) is 28.5 Å². The monoisotopic (exact) mass is 598 g/mol. The number of primary amides is 1. The van der Waals surface area contributed by atoms with E-state index in [1.165, 1.54) is 30.3 Å². The van der Waals surface area contributed by atoms with Crippen molar-refractivity contribution in [3.63, 3.8) is 0 Å². The Labute approximate surface area is 238 Å². The summed E-state index contributed by atoms with van der Waals surface area (Å²) in [7, 11) is 0. The number of halogens is 3. The number of pyridine rings is 1. The molecule has 0 unspecified atom stereocenters. The first-order valence-corrected chi connectivity index (χ1v) is 12.9. The van der Waals surface area contributed by atoms with Crippen LogP contribution in [-0.2, 0) is 6.61 Å². The fourth-order valence-corrected chi connectivity index (χ4v) is 5.17. The quantitative estimate of drug-likeness (QED) is 0.137. The lowest BCUT2D eigenvalue weighted by atomic mass is 10.0. The zero-order chi connectivity index (χ0) is 29.3. The molecule has 5 aromatic rings. The predicted octanol–water partition coefficient (Wildman–Crippen LogP) is 6.99. The second-order valence-corrected chi connectivity index (χ2v) is 9.90. The molecule has 0 saturated heterocycles. The number of furan rings is 1. The van der Waals surface area contributed by atoms with Gasteiger partial charge in [-0.15, -0.1) is 11.3 Å². The number of alkyl halides is 2. The van der Waals surface area contributed by atoms with Gasteiger partial charge in [-0.05, 0) is 35.4 Å². The predicted molar refractivity (Wildman–Crippen MR) is 148 cm³/mol. The average Bonchev–Trinajstić information content (AvgIpc) is 3.57.